The van der Waals surface area contributed by atoms with Crippen molar-refractivity contribution in [2.45, 2.75) is 12.5 Å². The van der Waals surface area contributed by atoms with Gasteiger partial charge in [-0.1, -0.05) is 0 Å². The Morgan fingerprint density at radius 2 is 1.80 bits per heavy atom. The SMILES string of the molecule is CSCCC(N)C(=O)O.O=S(=O)(O)O.[Cr]. The molecular formula is C5H13CrNO6S2. The summed E-state index contributed by atoms with van der Waals surface area (Å²) in [4.78, 5) is 10.1. The molecule has 7 nitrogen and oxygen atoms in total. The van der Waals surface area contributed by atoms with Gasteiger partial charge in [-0.2, -0.15) is 20.2 Å². The van der Waals surface area contributed by atoms with E-state index < -0.39 is 22.4 Å². The average Bonchev–Trinajstić information content (AvgIpc) is 1.96. The van der Waals surface area contributed by atoms with Gasteiger partial charge in [0.25, 0.3) is 0 Å². The third-order valence-corrected chi connectivity index (χ3v) is 1.59. The van der Waals surface area contributed by atoms with E-state index in [1.807, 2.05) is 6.26 Å². The van der Waals surface area contributed by atoms with Gasteiger partial charge >= 0.3 is 16.4 Å². The van der Waals surface area contributed by atoms with Crippen LogP contribution >= 0.6 is 11.8 Å². The summed E-state index contributed by atoms with van der Waals surface area (Å²) in [5, 5.41) is 8.27. The van der Waals surface area contributed by atoms with E-state index in [2.05, 4.69) is 0 Å². The zero-order valence-electron chi connectivity index (χ0n) is 7.86. The molecule has 15 heavy (non-hydrogen) atoms. The summed E-state index contributed by atoms with van der Waals surface area (Å²) in [6.45, 7) is 0. The van der Waals surface area contributed by atoms with Crippen molar-refractivity contribution in [3.8, 4) is 0 Å². The Morgan fingerprint density at radius 3 is 2.00 bits per heavy atom. The van der Waals surface area contributed by atoms with Gasteiger partial charge in [-0.3, -0.25) is 13.9 Å². The maximum Gasteiger partial charge on any atom is 0.394 e. The summed E-state index contributed by atoms with van der Waals surface area (Å²) >= 11 is 1.60. The van der Waals surface area contributed by atoms with Gasteiger partial charge in [0, 0.05) is 17.4 Å². The molecule has 0 bridgehead atoms. The molecule has 0 saturated heterocycles. The fraction of sp³-hybridized carbons (Fsp3) is 0.800. The largest absolute Gasteiger partial charge is 0.480 e. The molecule has 0 heterocycles. The topological polar surface area (TPSA) is 138 Å². The minimum absolute atomic E-state index is 0. The number of carbonyl (C=O) groups is 1. The first-order valence-electron chi connectivity index (χ1n) is 3.35. The van der Waals surface area contributed by atoms with Crippen molar-refractivity contribution in [3.05, 3.63) is 0 Å². The maximum atomic E-state index is 10.1. The van der Waals surface area contributed by atoms with Crippen LogP contribution in [-0.2, 0) is 32.6 Å². The van der Waals surface area contributed by atoms with Gasteiger partial charge in [0.1, 0.15) is 6.04 Å². The number of hydrogen-bond acceptors (Lipinski definition) is 5. The Hall–Kier alpha value is 0.182. The first-order valence-corrected chi connectivity index (χ1v) is 6.14. The molecule has 0 aliphatic heterocycles. The van der Waals surface area contributed by atoms with Crippen LogP contribution in [0.5, 0.6) is 0 Å². The van der Waals surface area contributed by atoms with Crippen molar-refractivity contribution in [1.29, 1.82) is 0 Å². The van der Waals surface area contributed by atoms with Crippen LogP contribution in [0.25, 0.3) is 0 Å². The Balaban J connectivity index is -0.000000208. The summed E-state index contributed by atoms with van der Waals surface area (Å²) in [6, 6.07) is -0.683. The van der Waals surface area contributed by atoms with Crippen molar-refractivity contribution in [1.82, 2.24) is 0 Å². The molecule has 1 atom stereocenters. The Morgan fingerprint density at radius 1 is 1.47 bits per heavy atom. The first kappa shape index (κ1) is 20.6. The van der Waals surface area contributed by atoms with E-state index in [0.717, 1.165) is 5.75 Å². The average molecular weight is 299 g/mol. The normalized spacial score (nSPS) is 11.7. The van der Waals surface area contributed by atoms with E-state index in [-0.39, 0.29) is 17.4 Å². The quantitative estimate of drug-likeness (QED) is 0.509. The minimum atomic E-state index is -4.67. The van der Waals surface area contributed by atoms with Gasteiger partial charge < -0.3 is 10.8 Å². The molecule has 5 N–H and O–H groups in total. The molecule has 0 aliphatic carbocycles. The van der Waals surface area contributed by atoms with Crippen LogP contribution in [0.2, 0.25) is 0 Å². The second kappa shape index (κ2) is 10.7. The zero-order chi connectivity index (χ0) is 11.8. The van der Waals surface area contributed by atoms with E-state index in [4.69, 9.17) is 28.4 Å². The molecule has 0 spiro atoms. The van der Waals surface area contributed by atoms with Crippen LogP contribution in [0.3, 0.4) is 0 Å². The molecular weight excluding hydrogens is 286 g/mol. The minimum Gasteiger partial charge on any atom is -0.480 e. The Labute approximate surface area is 103 Å². The Bertz CT molecular complexity index is 248. The summed E-state index contributed by atoms with van der Waals surface area (Å²) in [6.07, 6.45) is 2.48. The van der Waals surface area contributed by atoms with E-state index >= 15 is 0 Å². The van der Waals surface area contributed by atoms with Crippen molar-refractivity contribution < 1.29 is 44.8 Å². The van der Waals surface area contributed by atoms with Gasteiger partial charge in [-0.15, -0.1) is 0 Å². The smallest absolute Gasteiger partial charge is 0.394 e. The second-order valence-electron chi connectivity index (χ2n) is 2.17. The number of rotatable bonds is 4. The number of carboxylic acid groups (broad SMARTS) is 1. The van der Waals surface area contributed by atoms with E-state index in [1.165, 1.54) is 0 Å². The van der Waals surface area contributed by atoms with Crippen LogP contribution in [0.4, 0.5) is 0 Å². The summed E-state index contributed by atoms with van der Waals surface area (Å²) in [5.74, 6) is -0.1000. The van der Waals surface area contributed by atoms with Gasteiger partial charge in [0.2, 0.25) is 0 Å². The van der Waals surface area contributed by atoms with E-state index in [0.29, 0.717) is 6.42 Å². The van der Waals surface area contributed by atoms with Crippen LogP contribution in [0, 0.1) is 0 Å². The van der Waals surface area contributed by atoms with Crippen molar-refractivity contribution in [3.63, 3.8) is 0 Å². The van der Waals surface area contributed by atoms with E-state index in [1.54, 1.807) is 11.8 Å². The molecule has 0 saturated carbocycles. The standard InChI is InChI=1S/C5H11NO2S.Cr.H2O4S/c1-9-3-2-4(6)5(7)8;;1-5(2,3)4/h4H,2-3,6H2,1H3,(H,7,8);;(H2,1,2,3,4). The third kappa shape index (κ3) is 31.4. The monoisotopic (exact) mass is 299 g/mol. The fourth-order valence-corrected chi connectivity index (χ4v) is 0.858. The number of thioether (sulfide) groups is 1. The molecule has 92 valence electrons. The summed E-state index contributed by atoms with van der Waals surface area (Å²) in [7, 11) is -4.67. The molecule has 0 aromatic rings. The fourth-order valence-electron chi connectivity index (χ4n) is 0.368. The summed E-state index contributed by atoms with van der Waals surface area (Å²) < 4.78 is 31.6. The van der Waals surface area contributed by atoms with Gasteiger partial charge in [0.05, 0.1) is 0 Å². The van der Waals surface area contributed by atoms with Crippen LogP contribution in [-0.4, -0.2) is 46.6 Å². The number of aliphatic carboxylic acids is 1. The van der Waals surface area contributed by atoms with Crippen molar-refractivity contribution in [2.75, 3.05) is 12.0 Å². The molecule has 0 rings (SSSR count). The van der Waals surface area contributed by atoms with Gasteiger partial charge in [0.15, 0.2) is 0 Å². The third-order valence-electron chi connectivity index (χ3n) is 0.950. The molecule has 1 unspecified atom stereocenters. The molecule has 0 aliphatic rings. The maximum absolute atomic E-state index is 10.1. The predicted molar refractivity (Wildman–Crippen MR) is 52.8 cm³/mol. The predicted octanol–water partition coefficient (Wildman–Crippen LogP) is -0.504. The molecule has 0 fully saturated rings. The molecule has 0 aromatic heterocycles. The van der Waals surface area contributed by atoms with Crippen molar-refractivity contribution in [2.24, 2.45) is 5.73 Å². The Kier molecular flexibility index (Phi) is 14.7. The van der Waals surface area contributed by atoms with Crippen LogP contribution in [0.15, 0.2) is 0 Å². The molecule has 10 heteroatoms. The first-order chi connectivity index (χ1) is 6.18. The number of carboxylic acids is 1. The molecule has 0 aromatic carbocycles. The van der Waals surface area contributed by atoms with Crippen molar-refractivity contribution >= 4 is 28.1 Å². The summed E-state index contributed by atoms with van der Waals surface area (Å²) in [5.41, 5.74) is 5.19. The second-order valence-corrected chi connectivity index (χ2v) is 4.06. The number of hydrogen-bond donors (Lipinski definition) is 4. The molecule has 0 radical (unpaired) electrons. The van der Waals surface area contributed by atoms with Gasteiger partial charge in [-0.25, -0.2) is 0 Å². The van der Waals surface area contributed by atoms with E-state index in [9.17, 15) is 4.79 Å². The number of nitrogens with two attached hydrogens (primary N) is 1. The molecule has 0 amide bonds. The van der Waals surface area contributed by atoms with Crippen LogP contribution in [0.1, 0.15) is 6.42 Å². The van der Waals surface area contributed by atoms with Crippen LogP contribution < -0.4 is 5.73 Å². The van der Waals surface area contributed by atoms with Gasteiger partial charge in [-0.05, 0) is 18.4 Å². The zero-order valence-corrected chi connectivity index (χ0v) is 10.8.